The third kappa shape index (κ3) is 3.88. The molecule has 0 bridgehead atoms. The molecule has 0 aliphatic heterocycles. The van der Waals surface area contributed by atoms with Gasteiger partial charge in [0.1, 0.15) is 0 Å². The molecule has 1 rings (SSSR count). The Bertz CT molecular complexity index is 527. The Kier molecular flexibility index (Phi) is 5.18. The van der Waals surface area contributed by atoms with Crippen LogP contribution in [0, 0.1) is 6.92 Å². The summed E-state index contributed by atoms with van der Waals surface area (Å²) < 4.78 is 10.5. The van der Waals surface area contributed by atoms with Crippen LogP contribution >= 0.6 is 0 Å². The Morgan fingerprint density at radius 2 is 1.79 bits per heavy atom. The Hall–Kier alpha value is -2.23. The van der Waals surface area contributed by atoms with E-state index in [1.54, 1.807) is 20.3 Å². The predicted molar refractivity (Wildman–Crippen MR) is 74.7 cm³/mol. The van der Waals surface area contributed by atoms with Crippen molar-refractivity contribution in [2.45, 2.75) is 13.8 Å². The maximum atomic E-state index is 10.4. The lowest BCUT2D eigenvalue weighted by Crippen LogP contribution is -1.94. The molecule has 0 heterocycles. The molecule has 1 aromatic rings. The summed E-state index contributed by atoms with van der Waals surface area (Å²) in [6.07, 6.45) is 4.36. The summed E-state index contributed by atoms with van der Waals surface area (Å²) in [5.41, 5.74) is 2.98. The number of benzene rings is 1. The van der Waals surface area contributed by atoms with E-state index in [1.807, 2.05) is 26.0 Å². The molecule has 0 aliphatic carbocycles. The van der Waals surface area contributed by atoms with Gasteiger partial charge in [0.2, 0.25) is 0 Å². The van der Waals surface area contributed by atoms with E-state index in [9.17, 15) is 4.79 Å². The van der Waals surface area contributed by atoms with Crippen molar-refractivity contribution in [3.05, 3.63) is 41.5 Å². The fourth-order valence-corrected chi connectivity index (χ4v) is 1.77. The quantitative estimate of drug-likeness (QED) is 0.654. The van der Waals surface area contributed by atoms with E-state index in [0.29, 0.717) is 11.5 Å². The highest BCUT2D eigenvalue weighted by atomic mass is 16.5. The van der Waals surface area contributed by atoms with Crippen LogP contribution in [-0.2, 0) is 4.79 Å². The van der Waals surface area contributed by atoms with Crippen LogP contribution in [-0.4, -0.2) is 25.3 Å². The van der Waals surface area contributed by atoms with Gasteiger partial charge in [-0.25, -0.2) is 4.79 Å². The summed E-state index contributed by atoms with van der Waals surface area (Å²) in [5, 5.41) is 8.55. The van der Waals surface area contributed by atoms with Gasteiger partial charge in [-0.2, -0.15) is 0 Å². The van der Waals surface area contributed by atoms with Gasteiger partial charge >= 0.3 is 5.97 Å². The molecule has 0 unspecified atom stereocenters. The molecule has 4 heteroatoms. The molecule has 0 aromatic heterocycles. The average molecular weight is 262 g/mol. The van der Waals surface area contributed by atoms with Crippen LogP contribution in [0.1, 0.15) is 18.1 Å². The average Bonchev–Trinajstić information content (AvgIpc) is 2.37. The zero-order valence-electron chi connectivity index (χ0n) is 11.6. The number of carboxylic acids is 1. The first kappa shape index (κ1) is 14.8. The topological polar surface area (TPSA) is 55.8 Å². The molecular formula is C15H18O4. The van der Waals surface area contributed by atoms with Crippen LogP contribution in [0.5, 0.6) is 11.5 Å². The van der Waals surface area contributed by atoms with Crippen molar-refractivity contribution in [1.82, 2.24) is 0 Å². The third-order valence-electron chi connectivity index (χ3n) is 2.74. The highest BCUT2D eigenvalue weighted by Gasteiger charge is 2.09. The minimum atomic E-state index is -0.965. The van der Waals surface area contributed by atoms with Crippen LogP contribution < -0.4 is 9.47 Å². The molecular weight excluding hydrogens is 244 g/mol. The lowest BCUT2D eigenvalue weighted by atomic mass is 10.0. The van der Waals surface area contributed by atoms with Gasteiger partial charge in [-0.1, -0.05) is 12.2 Å². The number of rotatable bonds is 5. The van der Waals surface area contributed by atoms with E-state index in [1.165, 1.54) is 6.08 Å². The smallest absolute Gasteiger partial charge is 0.328 e. The van der Waals surface area contributed by atoms with Crippen molar-refractivity contribution in [1.29, 1.82) is 0 Å². The molecule has 1 aromatic carbocycles. The third-order valence-corrected chi connectivity index (χ3v) is 2.74. The number of carbonyl (C=O) groups is 1. The van der Waals surface area contributed by atoms with E-state index in [2.05, 4.69) is 0 Å². The number of hydrogen-bond donors (Lipinski definition) is 1. The van der Waals surface area contributed by atoms with Crippen LogP contribution in [0.15, 0.2) is 30.4 Å². The van der Waals surface area contributed by atoms with Crippen LogP contribution in [0.4, 0.5) is 0 Å². The van der Waals surface area contributed by atoms with E-state index < -0.39 is 5.97 Å². The van der Waals surface area contributed by atoms with Crippen LogP contribution in [0.2, 0.25) is 0 Å². The van der Waals surface area contributed by atoms with Crippen molar-refractivity contribution in [2.75, 3.05) is 14.2 Å². The van der Waals surface area contributed by atoms with Gasteiger partial charge in [-0.15, -0.1) is 0 Å². The van der Waals surface area contributed by atoms with Crippen molar-refractivity contribution in [2.24, 2.45) is 0 Å². The van der Waals surface area contributed by atoms with E-state index in [0.717, 1.165) is 22.8 Å². The van der Waals surface area contributed by atoms with Gasteiger partial charge in [0.15, 0.2) is 11.5 Å². The minimum absolute atomic E-state index is 0.651. The molecule has 0 saturated heterocycles. The molecule has 0 amide bonds. The summed E-state index contributed by atoms with van der Waals surface area (Å²) in [5.74, 6) is 0.365. The predicted octanol–water partition coefficient (Wildman–Crippen LogP) is 3.06. The Labute approximate surface area is 113 Å². The number of carboxylic acid groups (broad SMARTS) is 1. The molecule has 0 saturated carbocycles. The van der Waals surface area contributed by atoms with E-state index in [4.69, 9.17) is 14.6 Å². The fourth-order valence-electron chi connectivity index (χ4n) is 1.77. The van der Waals surface area contributed by atoms with Gasteiger partial charge < -0.3 is 14.6 Å². The van der Waals surface area contributed by atoms with Gasteiger partial charge in [-0.05, 0) is 42.7 Å². The molecule has 19 heavy (non-hydrogen) atoms. The maximum Gasteiger partial charge on any atom is 0.328 e. The Morgan fingerprint density at radius 3 is 2.32 bits per heavy atom. The number of allylic oxidation sites excluding steroid dienone is 3. The minimum Gasteiger partial charge on any atom is -0.493 e. The monoisotopic (exact) mass is 262 g/mol. The first-order valence-corrected chi connectivity index (χ1v) is 5.80. The Morgan fingerprint density at radius 1 is 1.21 bits per heavy atom. The summed E-state index contributed by atoms with van der Waals surface area (Å²) in [7, 11) is 3.18. The molecule has 102 valence electrons. The summed E-state index contributed by atoms with van der Waals surface area (Å²) in [6.45, 7) is 3.88. The number of aliphatic carboxylic acids is 1. The van der Waals surface area contributed by atoms with Crippen molar-refractivity contribution >= 4 is 11.5 Å². The van der Waals surface area contributed by atoms with Crippen molar-refractivity contribution in [3.8, 4) is 11.5 Å². The second-order valence-electron chi connectivity index (χ2n) is 4.07. The van der Waals surface area contributed by atoms with Crippen molar-refractivity contribution < 1.29 is 19.4 Å². The maximum absolute atomic E-state index is 10.4. The molecule has 0 radical (unpaired) electrons. The number of hydrogen-bond acceptors (Lipinski definition) is 3. The van der Waals surface area contributed by atoms with E-state index in [-0.39, 0.29) is 0 Å². The lowest BCUT2D eigenvalue weighted by Gasteiger charge is -2.12. The van der Waals surface area contributed by atoms with Crippen LogP contribution in [0.25, 0.3) is 5.57 Å². The summed E-state index contributed by atoms with van der Waals surface area (Å²) in [4.78, 5) is 10.4. The standard InChI is InChI=1S/C15H18O4/c1-10(6-5-7-15(16)17)12-9-14(19-4)13(18-3)8-11(12)2/h5-9H,1-4H3,(H,16,17)/b7-5+,10-6+. The second-order valence-corrected chi connectivity index (χ2v) is 4.07. The van der Waals surface area contributed by atoms with Gasteiger partial charge in [-0.3, -0.25) is 0 Å². The molecule has 0 aliphatic rings. The summed E-state index contributed by atoms with van der Waals surface area (Å²) >= 11 is 0. The molecule has 0 spiro atoms. The number of aryl methyl sites for hydroxylation is 1. The second kappa shape index (κ2) is 6.64. The number of methoxy groups -OCH3 is 2. The SMILES string of the molecule is COc1cc(C)c(/C(C)=C/C=C/C(=O)O)cc1OC. The normalized spacial score (nSPS) is 11.7. The first-order chi connectivity index (χ1) is 8.99. The fraction of sp³-hybridized carbons (Fsp3) is 0.267. The van der Waals surface area contributed by atoms with Crippen LogP contribution in [0.3, 0.4) is 0 Å². The Balaban J connectivity index is 3.16. The zero-order chi connectivity index (χ0) is 14.4. The summed E-state index contributed by atoms with van der Waals surface area (Å²) in [6, 6.07) is 3.78. The highest BCUT2D eigenvalue weighted by Crippen LogP contribution is 2.33. The zero-order valence-corrected chi connectivity index (χ0v) is 11.6. The largest absolute Gasteiger partial charge is 0.493 e. The van der Waals surface area contributed by atoms with Gasteiger partial charge in [0.25, 0.3) is 0 Å². The molecule has 0 atom stereocenters. The lowest BCUT2D eigenvalue weighted by molar-refractivity contribution is -0.131. The first-order valence-electron chi connectivity index (χ1n) is 5.80. The van der Waals surface area contributed by atoms with Gasteiger partial charge in [0, 0.05) is 6.08 Å². The van der Waals surface area contributed by atoms with E-state index >= 15 is 0 Å². The van der Waals surface area contributed by atoms with Gasteiger partial charge in [0.05, 0.1) is 14.2 Å². The molecule has 0 fully saturated rings. The molecule has 1 N–H and O–H groups in total. The highest BCUT2D eigenvalue weighted by molar-refractivity contribution is 5.81. The van der Waals surface area contributed by atoms with Crippen molar-refractivity contribution in [3.63, 3.8) is 0 Å². The molecule has 4 nitrogen and oxygen atoms in total. The number of ether oxygens (including phenoxy) is 2.